The van der Waals surface area contributed by atoms with Crippen LogP contribution < -0.4 is 0 Å². The SMILES string of the molecule is ClCCCSc1ccc(Cl)nn1. The van der Waals surface area contributed by atoms with E-state index in [9.17, 15) is 0 Å². The fraction of sp³-hybridized carbons (Fsp3) is 0.429. The minimum atomic E-state index is 0.427. The van der Waals surface area contributed by atoms with Crippen LogP contribution in [0.1, 0.15) is 6.42 Å². The lowest BCUT2D eigenvalue weighted by Crippen LogP contribution is -1.87. The summed E-state index contributed by atoms with van der Waals surface area (Å²) in [6.45, 7) is 0. The first kappa shape index (κ1) is 10.1. The number of rotatable bonds is 4. The van der Waals surface area contributed by atoms with Crippen molar-refractivity contribution in [2.24, 2.45) is 0 Å². The first-order valence-electron chi connectivity index (χ1n) is 3.51. The highest BCUT2D eigenvalue weighted by Gasteiger charge is 1.95. The Bertz CT molecular complexity index is 227. The van der Waals surface area contributed by atoms with E-state index in [1.807, 2.05) is 6.07 Å². The molecule has 2 nitrogen and oxygen atoms in total. The summed E-state index contributed by atoms with van der Waals surface area (Å²) in [7, 11) is 0. The van der Waals surface area contributed by atoms with Crippen LogP contribution in [0, 0.1) is 0 Å². The Morgan fingerprint density at radius 2 is 2.17 bits per heavy atom. The van der Waals surface area contributed by atoms with Crippen LogP contribution in [0.3, 0.4) is 0 Å². The second-order valence-corrected chi connectivity index (χ2v) is 3.97. The maximum absolute atomic E-state index is 5.57. The molecule has 0 unspecified atom stereocenters. The van der Waals surface area contributed by atoms with Crippen LogP contribution in [-0.4, -0.2) is 21.8 Å². The Hall–Kier alpha value is 0.01000. The summed E-state index contributed by atoms with van der Waals surface area (Å²) in [5, 5.41) is 8.93. The van der Waals surface area contributed by atoms with Crippen molar-refractivity contribution in [2.45, 2.75) is 11.4 Å². The molecule has 0 aliphatic rings. The normalized spacial score (nSPS) is 10.2. The van der Waals surface area contributed by atoms with Gasteiger partial charge in [0.25, 0.3) is 0 Å². The van der Waals surface area contributed by atoms with E-state index in [0.717, 1.165) is 17.2 Å². The maximum Gasteiger partial charge on any atom is 0.151 e. The Labute approximate surface area is 85.7 Å². The zero-order valence-electron chi connectivity index (χ0n) is 6.33. The molecule has 0 saturated heterocycles. The van der Waals surface area contributed by atoms with Crippen molar-refractivity contribution in [1.29, 1.82) is 0 Å². The zero-order valence-corrected chi connectivity index (χ0v) is 8.66. The smallest absolute Gasteiger partial charge is 0.143 e. The molecule has 66 valence electrons. The van der Waals surface area contributed by atoms with E-state index >= 15 is 0 Å². The Balaban J connectivity index is 2.37. The molecule has 1 aromatic rings. The van der Waals surface area contributed by atoms with Crippen LogP contribution in [0.25, 0.3) is 0 Å². The van der Waals surface area contributed by atoms with Crippen LogP contribution >= 0.6 is 35.0 Å². The summed E-state index contributed by atoms with van der Waals surface area (Å²) in [5.74, 6) is 1.66. The molecule has 0 N–H and O–H groups in total. The van der Waals surface area contributed by atoms with Gasteiger partial charge < -0.3 is 0 Å². The van der Waals surface area contributed by atoms with Gasteiger partial charge >= 0.3 is 0 Å². The van der Waals surface area contributed by atoms with Gasteiger partial charge in [-0.3, -0.25) is 0 Å². The second-order valence-electron chi connectivity index (χ2n) is 2.09. The molecule has 1 aromatic heterocycles. The van der Waals surface area contributed by atoms with E-state index in [1.165, 1.54) is 0 Å². The molecular formula is C7H8Cl2N2S. The van der Waals surface area contributed by atoms with E-state index in [4.69, 9.17) is 23.2 Å². The number of aromatic nitrogens is 2. The van der Waals surface area contributed by atoms with Crippen molar-refractivity contribution in [2.75, 3.05) is 11.6 Å². The van der Waals surface area contributed by atoms with Gasteiger partial charge in [0.2, 0.25) is 0 Å². The average Bonchev–Trinajstić information content (AvgIpc) is 2.09. The van der Waals surface area contributed by atoms with Crippen LogP contribution in [0.2, 0.25) is 5.15 Å². The first-order valence-corrected chi connectivity index (χ1v) is 5.41. The Kier molecular flexibility index (Phi) is 4.73. The lowest BCUT2D eigenvalue weighted by atomic mass is 10.6. The predicted molar refractivity (Wildman–Crippen MR) is 53.1 cm³/mol. The van der Waals surface area contributed by atoms with Crippen molar-refractivity contribution in [3.8, 4) is 0 Å². The van der Waals surface area contributed by atoms with Crippen LogP contribution in [0.5, 0.6) is 0 Å². The van der Waals surface area contributed by atoms with Gasteiger partial charge in [0.15, 0.2) is 5.15 Å². The van der Waals surface area contributed by atoms with Gasteiger partial charge in [-0.2, -0.15) is 0 Å². The van der Waals surface area contributed by atoms with Crippen LogP contribution in [-0.2, 0) is 0 Å². The molecule has 0 bridgehead atoms. The van der Waals surface area contributed by atoms with Crippen molar-refractivity contribution >= 4 is 35.0 Å². The minimum absolute atomic E-state index is 0.427. The van der Waals surface area contributed by atoms with Gasteiger partial charge in [-0.25, -0.2) is 0 Å². The monoisotopic (exact) mass is 222 g/mol. The maximum atomic E-state index is 5.57. The summed E-state index contributed by atoms with van der Waals surface area (Å²) in [5.41, 5.74) is 0. The standard InChI is InChI=1S/C7H8Cl2N2S/c8-4-1-5-12-7-3-2-6(9)10-11-7/h2-3H,1,4-5H2. The third kappa shape index (κ3) is 3.61. The van der Waals surface area contributed by atoms with E-state index in [2.05, 4.69) is 10.2 Å². The Morgan fingerprint density at radius 1 is 1.33 bits per heavy atom. The number of hydrogen-bond donors (Lipinski definition) is 0. The third-order valence-electron chi connectivity index (χ3n) is 1.14. The van der Waals surface area contributed by atoms with Crippen molar-refractivity contribution in [3.63, 3.8) is 0 Å². The second kappa shape index (κ2) is 5.62. The third-order valence-corrected chi connectivity index (χ3v) is 2.61. The molecule has 12 heavy (non-hydrogen) atoms. The van der Waals surface area contributed by atoms with E-state index in [0.29, 0.717) is 11.0 Å². The molecule has 0 saturated carbocycles. The number of hydrogen-bond acceptors (Lipinski definition) is 3. The van der Waals surface area contributed by atoms with Crippen molar-refractivity contribution in [1.82, 2.24) is 10.2 Å². The molecule has 1 heterocycles. The fourth-order valence-electron chi connectivity index (χ4n) is 0.612. The average molecular weight is 223 g/mol. The number of thioether (sulfide) groups is 1. The van der Waals surface area contributed by atoms with Crippen LogP contribution in [0.15, 0.2) is 17.2 Å². The summed E-state index contributed by atoms with van der Waals surface area (Å²) in [4.78, 5) is 0. The molecule has 0 aliphatic carbocycles. The Morgan fingerprint density at radius 3 is 2.75 bits per heavy atom. The molecule has 1 rings (SSSR count). The summed E-state index contributed by atoms with van der Waals surface area (Å²) in [6, 6.07) is 3.59. The molecule has 0 fully saturated rings. The lowest BCUT2D eigenvalue weighted by Gasteiger charge is -1.96. The zero-order chi connectivity index (χ0) is 8.81. The molecule has 0 atom stereocenters. The highest BCUT2D eigenvalue weighted by Crippen LogP contribution is 2.16. The quantitative estimate of drug-likeness (QED) is 0.446. The largest absolute Gasteiger partial charge is 0.151 e. The van der Waals surface area contributed by atoms with Crippen molar-refractivity contribution in [3.05, 3.63) is 17.3 Å². The highest BCUT2D eigenvalue weighted by atomic mass is 35.5. The molecular weight excluding hydrogens is 215 g/mol. The fourth-order valence-corrected chi connectivity index (χ4v) is 1.77. The van der Waals surface area contributed by atoms with Gasteiger partial charge in [-0.1, -0.05) is 11.6 Å². The highest BCUT2D eigenvalue weighted by molar-refractivity contribution is 7.99. The first-order chi connectivity index (χ1) is 5.83. The number of alkyl halides is 1. The number of halogens is 2. The van der Waals surface area contributed by atoms with E-state index in [-0.39, 0.29) is 0 Å². The van der Waals surface area contributed by atoms with Crippen LogP contribution in [0.4, 0.5) is 0 Å². The molecule has 0 aliphatic heterocycles. The summed E-state index contributed by atoms with van der Waals surface area (Å²) in [6.07, 6.45) is 0.983. The predicted octanol–water partition coefficient (Wildman–Crippen LogP) is 2.85. The van der Waals surface area contributed by atoms with Gasteiger partial charge in [-0.05, 0) is 18.6 Å². The van der Waals surface area contributed by atoms with Gasteiger partial charge in [-0.15, -0.1) is 33.6 Å². The molecule has 0 radical (unpaired) electrons. The molecule has 0 spiro atoms. The number of nitrogens with zero attached hydrogens (tertiary/aromatic N) is 2. The van der Waals surface area contributed by atoms with Gasteiger partial charge in [0, 0.05) is 11.6 Å². The van der Waals surface area contributed by atoms with E-state index in [1.54, 1.807) is 17.8 Å². The molecule has 0 amide bonds. The molecule has 5 heteroatoms. The van der Waals surface area contributed by atoms with E-state index < -0.39 is 0 Å². The van der Waals surface area contributed by atoms with Gasteiger partial charge in [0.1, 0.15) is 5.03 Å². The topological polar surface area (TPSA) is 25.8 Å². The summed E-state index contributed by atoms with van der Waals surface area (Å²) < 4.78 is 0. The summed E-state index contributed by atoms with van der Waals surface area (Å²) >= 11 is 12.7. The van der Waals surface area contributed by atoms with Crippen molar-refractivity contribution < 1.29 is 0 Å². The lowest BCUT2D eigenvalue weighted by molar-refractivity contribution is 0.928. The minimum Gasteiger partial charge on any atom is -0.143 e. The van der Waals surface area contributed by atoms with Gasteiger partial charge in [0.05, 0.1) is 0 Å². The molecule has 0 aromatic carbocycles.